The van der Waals surface area contributed by atoms with E-state index < -0.39 is 15.6 Å². The third-order valence-electron chi connectivity index (χ3n) is 3.45. The smallest absolute Gasteiger partial charge is 0.240 e. The Balaban J connectivity index is 3.13. The highest BCUT2D eigenvalue weighted by atomic mass is 32.2. The SMILES string of the molecule is COC(C)(C)CNS(=O)(=O)c1cc(CN)cc(C)c1C. The van der Waals surface area contributed by atoms with Gasteiger partial charge in [0, 0.05) is 20.2 Å². The molecule has 0 spiro atoms. The number of rotatable bonds is 6. The van der Waals surface area contributed by atoms with Crippen molar-refractivity contribution in [3.05, 3.63) is 28.8 Å². The summed E-state index contributed by atoms with van der Waals surface area (Å²) in [6.07, 6.45) is 0. The summed E-state index contributed by atoms with van der Waals surface area (Å²) >= 11 is 0. The van der Waals surface area contributed by atoms with Crippen molar-refractivity contribution in [1.82, 2.24) is 4.72 Å². The van der Waals surface area contributed by atoms with Crippen LogP contribution in [-0.4, -0.2) is 27.7 Å². The van der Waals surface area contributed by atoms with Crippen molar-refractivity contribution >= 4 is 10.0 Å². The van der Waals surface area contributed by atoms with Gasteiger partial charge < -0.3 is 10.5 Å². The summed E-state index contributed by atoms with van der Waals surface area (Å²) in [6, 6.07) is 3.54. The molecular formula is C14H24N2O3S. The molecule has 0 heterocycles. The van der Waals surface area contributed by atoms with Crippen LogP contribution in [0.4, 0.5) is 0 Å². The Bertz CT molecular complexity index is 580. The highest BCUT2D eigenvalue weighted by molar-refractivity contribution is 7.89. The maximum atomic E-state index is 12.4. The minimum atomic E-state index is -3.57. The van der Waals surface area contributed by atoms with E-state index in [1.54, 1.807) is 20.1 Å². The number of hydrogen-bond donors (Lipinski definition) is 2. The molecule has 1 aromatic rings. The van der Waals surface area contributed by atoms with Crippen molar-refractivity contribution in [3.8, 4) is 0 Å². The Morgan fingerprint density at radius 2 is 1.90 bits per heavy atom. The van der Waals surface area contributed by atoms with E-state index in [1.165, 1.54) is 0 Å². The third-order valence-corrected chi connectivity index (χ3v) is 4.97. The molecule has 1 rings (SSSR count). The van der Waals surface area contributed by atoms with E-state index in [0.29, 0.717) is 6.54 Å². The van der Waals surface area contributed by atoms with Gasteiger partial charge in [-0.15, -0.1) is 0 Å². The standard InChI is InChI=1S/C14H24N2O3S/c1-10-6-12(8-15)7-13(11(10)2)20(17,18)16-9-14(3,4)19-5/h6-7,16H,8-9,15H2,1-5H3. The normalized spacial score (nSPS) is 12.7. The zero-order chi connectivity index (χ0) is 15.6. The van der Waals surface area contributed by atoms with E-state index in [1.807, 2.05) is 26.8 Å². The number of aryl methyl sites for hydroxylation is 1. The van der Waals surface area contributed by atoms with E-state index in [2.05, 4.69) is 4.72 Å². The van der Waals surface area contributed by atoms with Crippen LogP contribution in [0.15, 0.2) is 17.0 Å². The van der Waals surface area contributed by atoms with Crippen LogP contribution in [0.3, 0.4) is 0 Å². The number of methoxy groups -OCH3 is 1. The molecule has 0 aliphatic heterocycles. The average Bonchev–Trinajstić information content (AvgIpc) is 2.39. The lowest BCUT2D eigenvalue weighted by molar-refractivity contribution is 0.0276. The Morgan fingerprint density at radius 3 is 2.40 bits per heavy atom. The van der Waals surface area contributed by atoms with Crippen molar-refractivity contribution in [3.63, 3.8) is 0 Å². The first-order valence-corrected chi connectivity index (χ1v) is 7.96. The summed E-state index contributed by atoms with van der Waals surface area (Å²) in [5.41, 5.74) is 7.52. The Labute approximate surface area is 121 Å². The van der Waals surface area contributed by atoms with Gasteiger partial charge in [0.2, 0.25) is 10.0 Å². The molecule has 6 heteroatoms. The van der Waals surface area contributed by atoms with Crippen molar-refractivity contribution in [2.45, 2.75) is 44.7 Å². The van der Waals surface area contributed by atoms with E-state index >= 15 is 0 Å². The molecule has 1 aromatic carbocycles. The zero-order valence-corrected chi connectivity index (χ0v) is 13.6. The van der Waals surface area contributed by atoms with E-state index in [-0.39, 0.29) is 11.4 Å². The van der Waals surface area contributed by atoms with Gasteiger partial charge in [-0.05, 0) is 50.5 Å². The highest BCUT2D eigenvalue weighted by Crippen LogP contribution is 2.21. The summed E-state index contributed by atoms with van der Waals surface area (Å²) in [7, 11) is -2.02. The number of ether oxygens (including phenoxy) is 1. The molecule has 0 radical (unpaired) electrons. The van der Waals surface area contributed by atoms with Gasteiger partial charge in [0.15, 0.2) is 0 Å². The maximum Gasteiger partial charge on any atom is 0.240 e. The van der Waals surface area contributed by atoms with Gasteiger partial charge in [-0.25, -0.2) is 13.1 Å². The van der Waals surface area contributed by atoms with Crippen LogP contribution >= 0.6 is 0 Å². The molecule has 0 saturated carbocycles. The van der Waals surface area contributed by atoms with Crippen LogP contribution in [0.1, 0.15) is 30.5 Å². The molecule has 114 valence electrons. The lowest BCUT2D eigenvalue weighted by Gasteiger charge is -2.23. The molecule has 0 amide bonds. The highest BCUT2D eigenvalue weighted by Gasteiger charge is 2.23. The Morgan fingerprint density at radius 1 is 1.30 bits per heavy atom. The van der Waals surface area contributed by atoms with Gasteiger partial charge in [0.25, 0.3) is 0 Å². The van der Waals surface area contributed by atoms with Gasteiger partial charge in [-0.3, -0.25) is 0 Å². The van der Waals surface area contributed by atoms with Gasteiger partial charge in [0.05, 0.1) is 10.5 Å². The predicted molar refractivity (Wildman–Crippen MR) is 80.1 cm³/mol. The molecule has 0 aromatic heterocycles. The quantitative estimate of drug-likeness (QED) is 0.833. The molecular weight excluding hydrogens is 276 g/mol. The fraction of sp³-hybridized carbons (Fsp3) is 0.571. The predicted octanol–water partition coefficient (Wildman–Crippen LogP) is 1.47. The largest absolute Gasteiger partial charge is 0.377 e. The van der Waals surface area contributed by atoms with Crippen molar-refractivity contribution < 1.29 is 13.2 Å². The first-order valence-electron chi connectivity index (χ1n) is 6.48. The topological polar surface area (TPSA) is 81.4 Å². The van der Waals surface area contributed by atoms with Crippen LogP contribution < -0.4 is 10.5 Å². The lowest BCUT2D eigenvalue weighted by Crippen LogP contribution is -2.39. The second kappa shape index (κ2) is 6.22. The second-order valence-electron chi connectivity index (χ2n) is 5.53. The summed E-state index contributed by atoms with van der Waals surface area (Å²) in [4.78, 5) is 0.282. The van der Waals surface area contributed by atoms with Gasteiger partial charge >= 0.3 is 0 Å². The molecule has 0 unspecified atom stereocenters. The summed E-state index contributed by atoms with van der Waals surface area (Å²) in [5.74, 6) is 0. The molecule has 3 N–H and O–H groups in total. The molecule has 20 heavy (non-hydrogen) atoms. The zero-order valence-electron chi connectivity index (χ0n) is 12.8. The first kappa shape index (κ1) is 17.1. The van der Waals surface area contributed by atoms with Gasteiger partial charge in [0.1, 0.15) is 0 Å². The van der Waals surface area contributed by atoms with E-state index in [4.69, 9.17) is 10.5 Å². The molecule has 0 fully saturated rings. The minimum Gasteiger partial charge on any atom is -0.377 e. The van der Waals surface area contributed by atoms with E-state index in [9.17, 15) is 8.42 Å². The van der Waals surface area contributed by atoms with Crippen LogP contribution in [-0.2, 0) is 21.3 Å². The summed E-state index contributed by atoms with van der Waals surface area (Å²) < 4.78 is 32.7. The number of benzene rings is 1. The van der Waals surface area contributed by atoms with Crippen molar-refractivity contribution in [2.75, 3.05) is 13.7 Å². The molecule has 0 aliphatic rings. The fourth-order valence-electron chi connectivity index (χ4n) is 1.71. The number of sulfonamides is 1. The lowest BCUT2D eigenvalue weighted by atomic mass is 10.1. The minimum absolute atomic E-state index is 0.206. The third kappa shape index (κ3) is 4.02. The summed E-state index contributed by atoms with van der Waals surface area (Å²) in [5, 5.41) is 0. The second-order valence-corrected chi connectivity index (χ2v) is 7.26. The molecule has 0 saturated heterocycles. The van der Waals surface area contributed by atoms with E-state index in [0.717, 1.165) is 16.7 Å². The van der Waals surface area contributed by atoms with Gasteiger partial charge in [-0.1, -0.05) is 6.07 Å². The number of nitrogens with one attached hydrogen (secondary N) is 1. The molecule has 5 nitrogen and oxygen atoms in total. The average molecular weight is 300 g/mol. The van der Waals surface area contributed by atoms with Crippen LogP contribution in [0.25, 0.3) is 0 Å². The number of nitrogens with two attached hydrogens (primary N) is 1. The summed E-state index contributed by atoms with van der Waals surface area (Å²) in [6.45, 7) is 7.84. The van der Waals surface area contributed by atoms with Crippen LogP contribution in [0.5, 0.6) is 0 Å². The molecule has 0 bridgehead atoms. The molecule has 0 atom stereocenters. The van der Waals surface area contributed by atoms with Crippen molar-refractivity contribution in [2.24, 2.45) is 5.73 Å². The van der Waals surface area contributed by atoms with Crippen molar-refractivity contribution in [1.29, 1.82) is 0 Å². The maximum absolute atomic E-state index is 12.4. The Hall–Kier alpha value is -0.950. The van der Waals surface area contributed by atoms with Gasteiger partial charge in [-0.2, -0.15) is 0 Å². The number of hydrogen-bond acceptors (Lipinski definition) is 4. The van der Waals surface area contributed by atoms with Crippen LogP contribution in [0.2, 0.25) is 0 Å². The molecule has 0 aliphatic carbocycles. The van der Waals surface area contributed by atoms with Crippen LogP contribution in [0, 0.1) is 13.8 Å². The first-order chi connectivity index (χ1) is 9.13. The monoisotopic (exact) mass is 300 g/mol. The fourth-order valence-corrected chi connectivity index (χ4v) is 3.28. The Kier molecular flexibility index (Phi) is 5.32.